The second-order valence-electron chi connectivity index (χ2n) is 4.44. The smallest absolute Gasteiger partial charge is 0.246 e. The van der Waals surface area contributed by atoms with Crippen molar-refractivity contribution in [2.45, 2.75) is 45.1 Å². The summed E-state index contributed by atoms with van der Waals surface area (Å²) in [6.45, 7) is 5.31. The number of rotatable bonds is 4. The van der Waals surface area contributed by atoms with Crippen molar-refractivity contribution in [2.75, 3.05) is 6.61 Å². The first-order valence-corrected chi connectivity index (χ1v) is 5.72. The molecule has 0 bridgehead atoms. The number of hydrogen-bond acceptors (Lipinski definition) is 2. The molecular formula is C12H21NO2. The Bertz CT molecular complexity index is 232. The highest BCUT2D eigenvalue weighted by Gasteiger charge is 2.24. The molecule has 1 aliphatic rings. The van der Waals surface area contributed by atoms with Gasteiger partial charge in [0.15, 0.2) is 0 Å². The zero-order valence-corrected chi connectivity index (χ0v) is 9.46. The van der Waals surface area contributed by atoms with Crippen LogP contribution in [-0.2, 0) is 4.79 Å². The minimum absolute atomic E-state index is 0.0314. The maximum absolute atomic E-state index is 11.4. The predicted octanol–water partition coefficient (Wildman–Crippen LogP) is 1.62. The molecule has 86 valence electrons. The van der Waals surface area contributed by atoms with Crippen molar-refractivity contribution in [3.05, 3.63) is 12.2 Å². The van der Waals surface area contributed by atoms with Crippen molar-refractivity contribution in [2.24, 2.45) is 5.92 Å². The second-order valence-corrected chi connectivity index (χ2v) is 4.44. The Labute approximate surface area is 91.6 Å². The van der Waals surface area contributed by atoms with Crippen LogP contribution in [0.25, 0.3) is 0 Å². The van der Waals surface area contributed by atoms with Crippen molar-refractivity contribution >= 4 is 5.91 Å². The minimum Gasteiger partial charge on any atom is -0.394 e. The average Bonchev–Trinajstić information content (AvgIpc) is 2.26. The maximum atomic E-state index is 11.4. The lowest BCUT2D eigenvalue weighted by atomic mass is 9.84. The molecule has 2 N–H and O–H groups in total. The Morgan fingerprint density at radius 1 is 1.47 bits per heavy atom. The zero-order valence-electron chi connectivity index (χ0n) is 9.46. The molecule has 1 amide bonds. The van der Waals surface area contributed by atoms with Gasteiger partial charge < -0.3 is 10.4 Å². The van der Waals surface area contributed by atoms with Gasteiger partial charge in [-0.05, 0) is 25.7 Å². The number of hydrogen-bond donors (Lipinski definition) is 2. The fraction of sp³-hybridized carbons (Fsp3) is 0.750. The third-order valence-corrected chi connectivity index (χ3v) is 3.12. The molecule has 1 unspecified atom stereocenters. The van der Waals surface area contributed by atoms with E-state index in [0.29, 0.717) is 11.5 Å². The standard InChI is InChI=1S/C12H21NO2/c1-9(2)12(15)13-11(8-14)10-6-4-3-5-7-10/h10-11,14H,1,3-8H2,2H3,(H,13,15). The zero-order chi connectivity index (χ0) is 11.3. The van der Waals surface area contributed by atoms with E-state index in [2.05, 4.69) is 11.9 Å². The van der Waals surface area contributed by atoms with E-state index in [1.165, 1.54) is 19.3 Å². The molecule has 0 aromatic carbocycles. The molecule has 0 aromatic heterocycles. The van der Waals surface area contributed by atoms with E-state index >= 15 is 0 Å². The topological polar surface area (TPSA) is 49.3 Å². The molecule has 1 atom stereocenters. The molecule has 15 heavy (non-hydrogen) atoms. The molecule has 1 saturated carbocycles. The van der Waals surface area contributed by atoms with E-state index in [4.69, 9.17) is 0 Å². The van der Waals surface area contributed by atoms with Crippen LogP contribution in [0.3, 0.4) is 0 Å². The summed E-state index contributed by atoms with van der Waals surface area (Å²) in [6, 6.07) is -0.0884. The lowest BCUT2D eigenvalue weighted by molar-refractivity contribution is -0.118. The molecule has 0 aliphatic heterocycles. The highest BCUT2D eigenvalue weighted by molar-refractivity contribution is 5.92. The summed E-state index contributed by atoms with van der Waals surface area (Å²) in [5, 5.41) is 12.1. The Morgan fingerprint density at radius 2 is 2.07 bits per heavy atom. The van der Waals surface area contributed by atoms with Gasteiger partial charge in [0.25, 0.3) is 0 Å². The Hall–Kier alpha value is -0.830. The minimum atomic E-state index is -0.139. The molecule has 1 rings (SSSR count). The number of aliphatic hydroxyl groups is 1. The van der Waals surface area contributed by atoms with Gasteiger partial charge in [0.05, 0.1) is 12.6 Å². The van der Waals surface area contributed by atoms with Crippen LogP contribution in [0.2, 0.25) is 0 Å². The van der Waals surface area contributed by atoms with Crippen molar-refractivity contribution in [3.8, 4) is 0 Å². The van der Waals surface area contributed by atoms with Gasteiger partial charge in [-0.1, -0.05) is 25.8 Å². The van der Waals surface area contributed by atoms with Crippen LogP contribution in [0.5, 0.6) is 0 Å². The van der Waals surface area contributed by atoms with E-state index < -0.39 is 0 Å². The van der Waals surface area contributed by atoms with Crippen molar-refractivity contribution in [1.82, 2.24) is 5.32 Å². The number of aliphatic hydroxyl groups excluding tert-OH is 1. The van der Waals surface area contributed by atoms with Gasteiger partial charge in [0.2, 0.25) is 5.91 Å². The SMILES string of the molecule is C=C(C)C(=O)NC(CO)C1CCCCC1. The number of carbonyl (C=O) groups is 1. The maximum Gasteiger partial charge on any atom is 0.246 e. The normalized spacial score (nSPS) is 19.6. The second kappa shape index (κ2) is 5.91. The molecule has 0 aromatic rings. The first-order valence-electron chi connectivity index (χ1n) is 5.72. The molecule has 3 nitrogen and oxygen atoms in total. The van der Waals surface area contributed by atoms with E-state index in [1.807, 2.05) is 0 Å². The van der Waals surface area contributed by atoms with Crippen molar-refractivity contribution in [3.63, 3.8) is 0 Å². The first kappa shape index (κ1) is 12.2. The number of amides is 1. The molecule has 1 fully saturated rings. The molecule has 3 heteroatoms. The van der Waals surface area contributed by atoms with Crippen molar-refractivity contribution < 1.29 is 9.90 Å². The summed E-state index contributed by atoms with van der Waals surface area (Å²) < 4.78 is 0. The average molecular weight is 211 g/mol. The van der Waals surface area contributed by atoms with E-state index in [9.17, 15) is 9.90 Å². The first-order chi connectivity index (χ1) is 7.15. The molecule has 0 heterocycles. The number of carbonyl (C=O) groups excluding carboxylic acids is 1. The fourth-order valence-corrected chi connectivity index (χ4v) is 2.14. The van der Waals surface area contributed by atoms with Crippen LogP contribution in [0.4, 0.5) is 0 Å². The highest BCUT2D eigenvalue weighted by Crippen LogP contribution is 2.26. The van der Waals surface area contributed by atoms with Crippen LogP contribution in [0.15, 0.2) is 12.2 Å². The Morgan fingerprint density at radius 3 is 2.53 bits per heavy atom. The van der Waals surface area contributed by atoms with E-state index in [0.717, 1.165) is 12.8 Å². The van der Waals surface area contributed by atoms with Gasteiger partial charge in [0.1, 0.15) is 0 Å². The lowest BCUT2D eigenvalue weighted by Crippen LogP contribution is -2.43. The molecule has 1 aliphatic carbocycles. The molecular weight excluding hydrogens is 190 g/mol. The summed E-state index contributed by atoms with van der Waals surface area (Å²) in [4.78, 5) is 11.4. The summed E-state index contributed by atoms with van der Waals surface area (Å²) in [6.07, 6.45) is 5.93. The van der Waals surface area contributed by atoms with Crippen LogP contribution < -0.4 is 5.32 Å². The quantitative estimate of drug-likeness (QED) is 0.694. The summed E-state index contributed by atoms with van der Waals surface area (Å²) in [7, 11) is 0. The van der Waals surface area contributed by atoms with E-state index in [1.54, 1.807) is 6.92 Å². The third-order valence-electron chi connectivity index (χ3n) is 3.12. The third kappa shape index (κ3) is 3.67. The van der Waals surface area contributed by atoms with Crippen LogP contribution >= 0.6 is 0 Å². The van der Waals surface area contributed by atoms with Crippen LogP contribution in [0, 0.1) is 5.92 Å². The van der Waals surface area contributed by atoms with Crippen LogP contribution in [0.1, 0.15) is 39.0 Å². The lowest BCUT2D eigenvalue weighted by Gasteiger charge is -2.29. The van der Waals surface area contributed by atoms with Crippen molar-refractivity contribution in [1.29, 1.82) is 0 Å². The van der Waals surface area contributed by atoms with E-state index in [-0.39, 0.29) is 18.6 Å². The fourth-order valence-electron chi connectivity index (χ4n) is 2.14. The predicted molar refractivity (Wildman–Crippen MR) is 60.4 cm³/mol. The highest BCUT2D eigenvalue weighted by atomic mass is 16.3. The molecule has 0 spiro atoms. The van der Waals surface area contributed by atoms with Crippen LogP contribution in [-0.4, -0.2) is 23.7 Å². The van der Waals surface area contributed by atoms with Gasteiger partial charge in [0, 0.05) is 5.57 Å². The van der Waals surface area contributed by atoms with Gasteiger partial charge in [-0.3, -0.25) is 4.79 Å². The summed E-state index contributed by atoms with van der Waals surface area (Å²) in [5.74, 6) is 0.298. The largest absolute Gasteiger partial charge is 0.394 e. The molecule has 0 radical (unpaired) electrons. The summed E-state index contributed by atoms with van der Waals surface area (Å²) >= 11 is 0. The monoisotopic (exact) mass is 211 g/mol. The van der Waals surface area contributed by atoms with Gasteiger partial charge >= 0.3 is 0 Å². The Kier molecular flexibility index (Phi) is 4.82. The summed E-state index contributed by atoms with van der Waals surface area (Å²) in [5.41, 5.74) is 0.504. The van der Waals surface area contributed by atoms with Gasteiger partial charge in [-0.2, -0.15) is 0 Å². The van der Waals surface area contributed by atoms with Gasteiger partial charge in [-0.15, -0.1) is 0 Å². The van der Waals surface area contributed by atoms with Gasteiger partial charge in [-0.25, -0.2) is 0 Å². The Balaban J connectivity index is 2.46. The number of nitrogens with one attached hydrogen (secondary N) is 1. The molecule has 0 saturated heterocycles.